The van der Waals surface area contributed by atoms with E-state index in [-0.39, 0.29) is 25.2 Å². The number of hydrogen-bond acceptors (Lipinski definition) is 2. The van der Waals surface area contributed by atoms with Gasteiger partial charge in [-0.15, -0.1) is 0 Å². The Morgan fingerprint density at radius 1 is 1.24 bits per heavy atom. The van der Waals surface area contributed by atoms with E-state index in [1.54, 1.807) is 13.8 Å². The predicted molar refractivity (Wildman–Crippen MR) is 72.5 cm³/mol. The van der Waals surface area contributed by atoms with Crippen LogP contribution < -0.4 is 5.32 Å². The van der Waals surface area contributed by atoms with Crippen LogP contribution in [0.5, 0.6) is 0 Å². The highest BCUT2D eigenvalue weighted by molar-refractivity contribution is 5.99. The van der Waals surface area contributed by atoms with Crippen molar-refractivity contribution in [2.45, 2.75) is 64.7 Å². The lowest BCUT2D eigenvalue weighted by Crippen LogP contribution is -2.71. The van der Waals surface area contributed by atoms with Crippen LogP contribution in [0.1, 0.15) is 47.0 Å². The third-order valence-corrected chi connectivity index (χ3v) is 3.96. The van der Waals surface area contributed by atoms with Gasteiger partial charge in [0.2, 0.25) is 11.8 Å². The third kappa shape index (κ3) is 3.89. The summed E-state index contributed by atoms with van der Waals surface area (Å²) in [5, 5.41) is 2.65. The zero-order valence-electron chi connectivity index (χ0n) is 12.9. The normalized spacial score (nSPS) is 22.7. The lowest BCUT2D eigenvalue weighted by Gasteiger charge is -2.46. The Bertz CT molecular complexity index is 404. The monoisotopic (exact) mass is 308 g/mol. The van der Waals surface area contributed by atoms with Gasteiger partial charge >= 0.3 is 6.18 Å². The summed E-state index contributed by atoms with van der Waals surface area (Å²) in [5.41, 5.74) is -1.21. The van der Waals surface area contributed by atoms with Gasteiger partial charge in [-0.2, -0.15) is 13.2 Å². The van der Waals surface area contributed by atoms with Crippen LogP contribution in [0.25, 0.3) is 0 Å². The van der Waals surface area contributed by atoms with E-state index < -0.39 is 36.1 Å². The zero-order chi connectivity index (χ0) is 16.4. The fourth-order valence-corrected chi connectivity index (χ4v) is 2.72. The number of piperazine rings is 1. The summed E-state index contributed by atoms with van der Waals surface area (Å²) in [4.78, 5) is 25.5. The van der Waals surface area contributed by atoms with Crippen LogP contribution >= 0.6 is 0 Å². The van der Waals surface area contributed by atoms with E-state index in [4.69, 9.17) is 0 Å². The number of hydrogen-bond donors (Lipinski definition) is 1. The molecule has 1 unspecified atom stereocenters. The van der Waals surface area contributed by atoms with E-state index in [0.29, 0.717) is 4.90 Å². The minimum atomic E-state index is -4.52. The molecule has 1 aliphatic rings. The van der Waals surface area contributed by atoms with Gasteiger partial charge in [0.1, 0.15) is 18.1 Å². The fourth-order valence-electron chi connectivity index (χ4n) is 2.72. The summed E-state index contributed by atoms with van der Waals surface area (Å²) in [6.07, 6.45) is -3.75. The molecule has 0 aliphatic carbocycles. The molecule has 0 aromatic carbocycles. The summed E-state index contributed by atoms with van der Waals surface area (Å²) in [6.45, 7) is 5.63. The van der Waals surface area contributed by atoms with Gasteiger partial charge in [-0.25, -0.2) is 0 Å². The first-order valence-corrected chi connectivity index (χ1v) is 7.26. The van der Waals surface area contributed by atoms with Crippen molar-refractivity contribution < 1.29 is 22.8 Å². The van der Waals surface area contributed by atoms with Crippen molar-refractivity contribution in [3.8, 4) is 0 Å². The molecule has 0 spiro atoms. The van der Waals surface area contributed by atoms with Crippen molar-refractivity contribution in [1.29, 1.82) is 0 Å². The minimum Gasteiger partial charge on any atom is -0.340 e. The molecule has 1 rings (SSSR count). The van der Waals surface area contributed by atoms with Crippen molar-refractivity contribution in [3.05, 3.63) is 0 Å². The molecule has 1 fully saturated rings. The largest absolute Gasteiger partial charge is 0.406 e. The summed E-state index contributed by atoms with van der Waals surface area (Å²) in [6, 6.07) is -1.05. The van der Waals surface area contributed by atoms with Gasteiger partial charge in [0.25, 0.3) is 0 Å². The van der Waals surface area contributed by atoms with Gasteiger partial charge < -0.3 is 10.2 Å². The molecule has 0 bridgehead atoms. The first kappa shape index (κ1) is 17.8. The first-order chi connectivity index (χ1) is 9.56. The highest BCUT2D eigenvalue weighted by Crippen LogP contribution is 2.30. The fraction of sp³-hybridized carbons (Fsp3) is 0.857. The maximum atomic E-state index is 12.8. The second-order valence-electron chi connectivity index (χ2n) is 5.97. The van der Waals surface area contributed by atoms with Crippen molar-refractivity contribution in [2.24, 2.45) is 5.92 Å². The first-order valence-electron chi connectivity index (χ1n) is 7.26. The number of carbonyl (C=O) groups excluding carboxylic acids is 2. The second-order valence-corrected chi connectivity index (χ2v) is 5.97. The summed E-state index contributed by atoms with van der Waals surface area (Å²) >= 11 is 0. The van der Waals surface area contributed by atoms with E-state index in [1.807, 2.05) is 13.8 Å². The number of halogens is 3. The van der Waals surface area contributed by atoms with Gasteiger partial charge in [-0.1, -0.05) is 27.7 Å². The van der Waals surface area contributed by atoms with E-state index in [1.165, 1.54) is 0 Å². The number of rotatable bonds is 5. The number of nitrogens with zero attached hydrogens (tertiary/aromatic N) is 1. The smallest absolute Gasteiger partial charge is 0.340 e. The highest BCUT2D eigenvalue weighted by Gasteiger charge is 2.51. The van der Waals surface area contributed by atoms with Crippen LogP contribution in [0.2, 0.25) is 0 Å². The van der Waals surface area contributed by atoms with Crippen LogP contribution in [0, 0.1) is 5.92 Å². The maximum absolute atomic E-state index is 12.8. The maximum Gasteiger partial charge on any atom is 0.406 e. The van der Waals surface area contributed by atoms with Crippen LogP contribution in [0.4, 0.5) is 13.2 Å². The van der Waals surface area contributed by atoms with Gasteiger partial charge in [-0.3, -0.25) is 9.59 Å². The summed E-state index contributed by atoms with van der Waals surface area (Å²) in [5.74, 6) is -1.11. The third-order valence-electron chi connectivity index (χ3n) is 3.96. The molecular formula is C14H23F3N2O2. The molecule has 1 saturated heterocycles. The predicted octanol–water partition coefficient (Wildman–Crippen LogP) is 2.48. The Morgan fingerprint density at radius 2 is 1.76 bits per heavy atom. The molecule has 1 heterocycles. The molecule has 0 aromatic rings. The van der Waals surface area contributed by atoms with E-state index >= 15 is 0 Å². The number of nitrogens with one attached hydrogen (secondary N) is 1. The van der Waals surface area contributed by atoms with Crippen molar-refractivity contribution in [3.63, 3.8) is 0 Å². The Morgan fingerprint density at radius 3 is 2.14 bits per heavy atom. The average molecular weight is 308 g/mol. The summed E-state index contributed by atoms with van der Waals surface area (Å²) < 4.78 is 38.4. The molecule has 7 heteroatoms. The van der Waals surface area contributed by atoms with Crippen LogP contribution in [0.15, 0.2) is 0 Å². The SMILES string of the molecule is CCC1(CC)NC(=O)C(CC(C)C)N(CC(F)(F)F)C1=O. The lowest BCUT2D eigenvalue weighted by molar-refractivity contribution is -0.179. The van der Waals surface area contributed by atoms with Crippen LogP contribution in [-0.4, -0.2) is 41.0 Å². The minimum absolute atomic E-state index is 0.0139. The number of alkyl halides is 3. The topological polar surface area (TPSA) is 49.4 Å². The Labute approximate surface area is 123 Å². The van der Waals surface area contributed by atoms with Gasteiger partial charge in [0, 0.05) is 0 Å². The molecule has 0 saturated carbocycles. The molecule has 1 aliphatic heterocycles. The van der Waals surface area contributed by atoms with E-state index in [9.17, 15) is 22.8 Å². The molecule has 1 atom stereocenters. The zero-order valence-corrected chi connectivity index (χ0v) is 12.9. The Balaban J connectivity index is 3.16. The van der Waals surface area contributed by atoms with E-state index in [2.05, 4.69) is 5.32 Å². The van der Waals surface area contributed by atoms with Crippen molar-refractivity contribution >= 4 is 11.8 Å². The molecule has 0 radical (unpaired) electrons. The standard InChI is InChI=1S/C14H23F3N2O2/c1-5-13(6-2)12(21)19(8-14(15,16)17)10(7-9(3)4)11(20)18-13/h9-10H,5-8H2,1-4H3,(H,18,20). The van der Waals surface area contributed by atoms with Gasteiger partial charge in [0.15, 0.2) is 0 Å². The van der Waals surface area contributed by atoms with Gasteiger partial charge in [0.05, 0.1) is 0 Å². The molecule has 4 nitrogen and oxygen atoms in total. The van der Waals surface area contributed by atoms with Gasteiger partial charge in [-0.05, 0) is 25.2 Å². The molecule has 0 aromatic heterocycles. The molecule has 21 heavy (non-hydrogen) atoms. The lowest BCUT2D eigenvalue weighted by atomic mass is 9.85. The Kier molecular flexibility index (Phi) is 5.28. The molecule has 1 N–H and O–H groups in total. The molecular weight excluding hydrogens is 285 g/mol. The highest BCUT2D eigenvalue weighted by atomic mass is 19.4. The van der Waals surface area contributed by atoms with Crippen molar-refractivity contribution in [1.82, 2.24) is 10.2 Å². The van der Waals surface area contributed by atoms with Crippen molar-refractivity contribution in [2.75, 3.05) is 6.54 Å². The average Bonchev–Trinajstić information content (AvgIpc) is 2.36. The molecule has 122 valence electrons. The van der Waals surface area contributed by atoms with E-state index in [0.717, 1.165) is 0 Å². The number of amides is 2. The van der Waals surface area contributed by atoms with Crippen LogP contribution in [0.3, 0.4) is 0 Å². The second kappa shape index (κ2) is 6.23. The molecule has 2 amide bonds. The number of carbonyl (C=O) groups is 2. The Hall–Kier alpha value is -1.27. The quantitative estimate of drug-likeness (QED) is 0.848. The van der Waals surface area contributed by atoms with Crippen LogP contribution in [-0.2, 0) is 9.59 Å². The summed E-state index contributed by atoms with van der Waals surface area (Å²) in [7, 11) is 0.